The van der Waals surface area contributed by atoms with Crippen LogP contribution in [0.5, 0.6) is 0 Å². The zero-order chi connectivity index (χ0) is 26.5. The second-order valence-corrected chi connectivity index (χ2v) is 6.97. The highest BCUT2D eigenvalue weighted by Gasteiger charge is 2.31. The van der Waals surface area contributed by atoms with E-state index in [9.17, 15) is 19.2 Å². The van der Waals surface area contributed by atoms with Gasteiger partial charge in [0.25, 0.3) is 11.8 Å². The van der Waals surface area contributed by atoms with Crippen LogP contribution in [0.1, 0.15) is 26.7 Å². The number of para-hydroxylation sites is 2. The Hall–Kier alpha value is -4.38. The minimum atomic E-state index is -0.528. The van der Waals surface area contributed by atoms with Crippen LogP contribution >= 0.6 is 0 Å². The van der Waals surface area contributed by atoms with Crippen molar-refractivity contribution in [2.24, 2.45) is 10.2 Å². The molecule has 36 heavy (non-hydrogen) atoms. The summed E-state index contributed by atoms with van der Waals surface area (Å²) < 4.78 is 9.62. The van der Waals surface area contributed by atoms with Gasteiger partial charge in [-0.25, -0.2) is 9.59 Å². The van der Waals surface area contributed by atoms with Crippen LogP contribution in [0.3, 0.4) is 0 Å². The van der Waals surface area contributed by atoms with Gasteiger partial charge in [-0.05, 0) is 38.1 Å². The summed E-state index contributed by atoms with van der Waals surface area (Å²) in [5.74, 6) is -1.50. The molecule has 0 spiro atoms. The molecule has 0 aromatic heterocycles. The van der Waals surface area contributed by atoms with Gasteiger partial charge in [0.05, 0.1) is 37.4 Å². The molecule has 0 unspecified atom stereocenters. The number of carbonyl (C=O) groups excluding carboxylic acids is 4. The lowest BCUT2D eigenvalue weighted by Crippen LogP contribution is -2.19. The van der Waals surface area contributed by atoms with E-state index >= 15 is 0 Å². The second kappa shape index (κ2) is 14.1. The van der Waals surface area contributed by atoms with Crippen LogP contribution in [-0.2, 0) is 28.7 Å². The summed E-state index contributed by atoms with van der Waals surface area (Å²) in [6.45, 7) is 3.98. The summed E-state index contributed by atoms with van der Waals surface area (Å²) in [6, 6.07) is 18.0. The van der Waals surface area contributed by atoms with Crippen LogP contribution in [0.4, 0.5) is 11.4 Å². The van der Waals surface area contributed by atoms with Crippen molar-refractivity contribution in [2.45, 2.75) is 26.7 Å². The maximum absolute atomic E-state index is 11.7. The zero-order valence-electron chi connectivity index (χ0n) is 20.3. The van der Waals surface area contributed by atoms with Crippen molar-refractivity contribution < 1.29 is 33.8 Å². The minimum absolute atomic E-state index is 0.00622. The van der Waals surface area contributed by atoms with E-state index in [-0.39, 0.29) is 49.3 Å². The first-order valence-electron chi connectivity index (χ1n) is 11.1. The van der Waals surface area contributed by atoms with Gasteiger partial charge in [0, 0.05) is 7.11 Å². The number of anilines is 2. The number of esters is 2. The SMILES string of the molecule is CCOC(=O)C1=NN(c2ccccc2)C(=O)C1.CCOC(=O)C1=NN(c2ccccc2)C(=O)C1.CO. The summed E-state index contributed by atoms with van der Waals surface area (Å²) in [5.41, 5.74) is 1.61. The molecule has 0 radical (unpaired) electrons. The fourth-order valence-electron chi connectivity index (χ4n) is 3.06. The summed E-state index contributed by atoms with van der Waals surface area (Å²) in [6.07, 6.45) is -0.0124. The fraction of sp³-hybridized carbons (Fsp3) is 0.280. The summed E-state index contributed by atoms with van der Waals surface area (Å²) in [4.78, 5) is 46.3. The van der Waals surface area contributed by atoms with Crippen molar-refractivity contribution in [3.8, 4) is 0 Å². The summed E-state index contributed by atoms with van der Waals surface area (Å²) in [7, 11) is 1.00. The number of amides is 2. The number of hydrogen-bond donors (Lipinski definition) is 1. The van der Waals surface area contributed by atoms with Crippen molar-refractivity contribution >= 4 is 46.6 Å². The number of rotatable bonds is 6. The molecule has 0 aliphatic carbocycles. The van der Waals surface area contributed by atoms with E-state index in [4.69, 9.17) is 14.6 Å². The number of hydrogen-bond acceptors (Lipinski definition) is 9. The second-order valence-electron chi connectivity index (χ2n) is 6.97. The van der Waals surface area contributed by atoms with Crippen LogP contribution in [0.2, 0.25) is 0 Å². The molecule has 4 rings (SSSR count). The number of nitrogens with zero attached hydrogens (tertiary/aromatic N) is 4. The maximum atomic E-state index is 11.7. The highest BCUT2D eigenvalue weighted by atomic mass is 16.5. The van der Waals surface area contributed by atoms with Gasteiger partial charge in [-0.15, -0.1) is 0 Å². The zero-order valence-corrected chi connectivity index (χ0v) is 20.3. The molecule has 11 nitrogen and oxygen atoms in total. The fourth-order valence-corrected chi connectivity index (χ4v) is 3.06. The maximum Gasteiger partial charge on any atom is 0.355 e. The van der Waals surface area contributed by atoms with Crippen LogP contribution in [0.15, 0.2) is 70.9 Å². The molecule has 0 saturated heterocycles. The topological polar surface area (TPSA) is 138 Å². The Morgan fingerprint density at radius 2 is 1.06 bits per heavy atom. The van der Waals surface area contributed by atoms with Crippen molar-refractivity contribution in [2.75, 3.05) is 30.3 Å². The van der Waals surface area contributed by atoms with E-state index in [0.717, 1.165) is 7.11 Å². The predicted octanol–water partition coefficient (Wildman–Crippen LogP) is 2.29. The van der Waals surface area contributed by atoms with E-state index in [2.05, 4.69) is 10.2 Å². The van der Waals surface area contributed by atoms with Crippen LogP contribution in [0.25, 0.3) is 0 Å². The predicted molar refractivity (Wildman–Crippen MR) is 133 cm³/mol. The Labute approximate surface area is 208 Å². The van der Waals surface area contributed by atoms with E-state index < -0.39 is 11.9 Å². The Morgan fingerprint density at radius 1 is 0.722 bits per heavy atom. The Morgan fingerprint density at radius 3 is 1.36 bits per heavy atom. The Bertz CT molecular complexity index is 1030. The van der Waals surface area contributed by atoms with Gasteiger partial charge < -0.3 is 14.6 Å². The molecule has 2 aliphatic rings. The molecule has 2 aliphatic heterocycles. The molecule has 2 aromatic carbocycles. The van der Waals surface area contributed by atoms with Gasteiger partial charge >= 0.3 is 11.9 Å². The van der Waals surface area contributed by atoms with Crippen LogP contribution in [-0.4, -0.2) is 60.6 Å². The van der Waals surface area contributed by atoms with E-state index in [0.29, 0.717) is 11.4 Å². The highest BCUT2D eigenvalue weighted by molar-refractivity contribution is 6.43. The molecule has 0 atom stereocenters. The Kier molecular flexibility index (Phi) is 10.9. The molecule has 11 heteroatoms. The molecule has 0 saturated carbocycles. The van der Waals surface area contributed by atoms with Gasteiger partial charge in [-0.3, -0.25) is 9.59 Å². The lowest BCUT2D eigenvalue weighted by Gasteiger charge is -2.10. The minimum Gasteiger partial charge on any atom is -0.461 e. The normalized spacial score (nSPS) is 14.1. The van der Waals surface area contributed by atoms with E-state index in [1.54, 1.807) is 62.4 Å². The number of aliphatic hydroxyl groups is 1. The molecular weight excluding hydrogens is 468 g/mol. The molecule has 190 valence electrons. The monoisotopic (exact) mass is 496 g/mol. The van der Waals surface area contributed by atoms with Gasteiger partial charge in [0.15, 0.2) is 11.4 Å². The first-order valence-corrected chi connectivity index (χ1v) is 11.1. The summed E-state index contributed by atoms with van der Waals surface area (Å²) >= 11 is 0. The van der Waals surface area contributed by atoms with E-state index in [1.165, 1.54) is 10.0 Å². The van der Waals surface area contributed by atoms with Crippen molar-refractivity contribution in [3.63, 3.8) is 0 Å². The molecule has 0 fully saturated rings. The number of benzene rings is 2. The van der Waals surface area contributed by atoms with Gasteiger partial charge in [0.2, 0.25) is 0 Å². The van der Waals surface area contributed by atoms with E-state index in [1.807, 2.05) is 12.1 Å². The number of carbonyl (C=O) groups is 4. The molecular formula is C25H28N4O7. The van der Waals surface area contributed by atoms with Crippen molar-refractivity contribution in [3.05, 3.63) is 60.7 Å². The molecule has 2 amide bonds. The third-order valence-corrected chi connectivity index (χ3v) is 4.57. The van der Waals surface area contributed by atoms with Crippen LogP contribution in [0, 0.1) is 0 Å². The molecule has 2 heterocycles. The first-order chi connectivity index (χ1) is 17.4. The van der Waals surface area contributed by atoms with Gasteiger partial charge in [0.1, 0.15) is 0 Å². The lowest BCUT2D eigenvalue weighted by atomic mass is 10.2. The average molecular weight is 497 g/mol. The number of hydrazone groups is 2. The molecule has 2 aromatic rings. The van der Waals surface area contributed by atoms with Crippen molar-refractivity contribution in [1.82, 2.24) is 0 Å². The first kappa shape index (κ1) is 27.9. The number of ether oxygens (including phenoxy) is 2. The lowest BCUT2D eigenvalue weighted by molar-refractivity contribution is -0.136. The average Bonchev–Trinajstić information content (AvgIpc) is 3.50. The quantitative estimate of drug-likeness (QED) is 0.606. The molecule has 1 N–H and O–H groups in total. The third kappa shape index (κ3) is 7.31. The highest BCUT2D eigenvalue weighted by Crippen LogP contribution is 2.21. The standard InChI is InChI=1S/2C12H12N2O3.CH4O/c2*1-2-17-12(16)10-8-11(15)14(13-10)9-6-4-3-5-7-9;1-2/h2*3-7H,2,8H2,1H3;2H,1H3. The largest absolute Gasteiger partial charge is 0.461 e. The van der Waals surface area contributed by atoms with Gasteiger partial charge in [-0.1, -0.05) is 36.4 Å². The van der Waals surface area contributed by atoms with Gasteiger partial charge in [-0.2, -0.15) is 20.2 Å². The Balaban J connectivity index is 0.000000237. The third-order valence-electron chi connectivity index (χ3n) is 4.57. The summed E-state index contributed by atoms with van der Waals surface area (Å²) in [5, 5.41) is 17.4. The smallest absolute Gasteiger partial charge is 0.355 e. The van der Waals surface area contributed by atoms with Crippen molar-refractivity contribution in [1.29, 1.82) is 0 Å². The molecule has 0 bridgehead atoms. The van der Waals surface area contributed by atoms with Crippen LogP contribution < -0.4 is 10.0 Å². The number of aliphatic hydroxyl groups excluding tert-OH is 1.